The number of aryl methyl sites for hydroxylation is 2. The van der Waals surface area contributed by atoms with Crippen molar-refractivity contribution in [3.8, 4) is 0 Å². The second-order valence-electron chi connectivity index (χ2n) is 4.77. The van der Waals surface area contributed by atoms with E-state index in [1.54, 1.807) is 0 Å². The van der Waals surface area contributed by atoms with Crippen LogP contribution < -0.4 is 5.32 Å². The van der Waals surface area contributed by atoms with Gasteiger partial charge in [-0.3, -0.25) is 0 Å². The number of rotatable bonds is 2. The number of aromatic nitrogens is 2. The zero-order chi connectivity index (χ0) is 13.2. The lowest BCUT2D eigenvalue weighted by atomic mass is 10.1. The third kappa shape index (κ3) is 2.55. The molecule has 1 N–H and O–H groups in total. The first-order valence-electron chi connectivity index (χ1n) is 6.27. The quantitative estimate of drug-likeness (QED) is 0.746. The van der Waals surface area contributed by atoms with Gasteiger partial charge in [0.1, 0.15) is 11.6 Å². The fourth-order valence-electron chi connectivity index (χ4n) is 2.00. The third-order valence-electron chi connectivity index (χ3n) is 3.04. The predicted octanol–water partition coefficient (Wildman–Crippen LogP) is 3.99. The van der Waals surface area contributed by atoms with Gasteiger partial charge in [-0.1, -0.05) is 29.8 Å². The van der Waals surface area contributed by atoms with Crippen LogP contribution in [0.4, 0.5) is 11.6 Å². The van der Waals surface area contributed by atoms with Crippen LogP contribution in [0.5, 0.6) is 0 Å². The van der Waals surface area contributed by atoms with Crippen LogP contribution in [-0.4, -0.2) is 9.97 Å². The summed E-state index contributed by atoms with van der Waals surface area (Å²) in [5.41, 5.74) is 2.39. The Balaban J connectivity index is 1.94. The van der Waals surface area contributed by atoms with Gasteiger partial charge in [0.15, 0.2) is 0 Å². The first kappa shape index (κ1) is 11.7. The van der Waals surface area contributed by atoms with Crippen LogP contribution in [0.1, 0.15) is 11.1 Å². The van der Waals surface area contributed by atoms with Crippen LogP contribution in [-0.2, 0) is 0 Å². The standard InChI is InChI=1S/C16H15N3/c1-11-3-5-13-10-18-16(8-14(13)7-11)19-15-6-4-12(2)9-17-15/h3-10H,1-2H3,(H,17,18,19). The van der Waals surface area contributed by atoms with E-state index in [1.165, 1.54) is 10.9 Å². The van der Waals surface area contributed by atoms with Gasteiger partial charge in [-0.25, -0.2) is 9.97 Å². The molecule has 0 amide bonds. The lowest BCUT2D eigenvalue weighted by Gasteiger charge is -2.06. The van der Waals surface area contributed by atoms with Crippen molar-refractivity contribution in [2.75, 3.05) is 5.32 Å². The van der Waals surface area contributed by atoms with Crippen molar-refractivity contribution in [3.05, 3.63) is 59.9 Å². The van der Waals surface area contributed by atoms with Crippen molar-refractivity contribution in [2.24, 2.45) is 0 Å². The van der Waals surface area contributed by atoms with Gasteiger partial charge in [-0.05, 0) is 36.9 Å². The summed E-state index contributed by atoms with van der Waals surface area (Å²) < 4.78 is 0. The topological polar surface area (TPSA) is 37.8 Å². The minimum absolute atomic E-state index is 0.810. The van der Waals surface area contributed by atoms with Crippen molar-refractivity contribution in [1.29, 1.82) is 0 Å². The summed E-state index contributed by atoms with van der Waals surface area (Å²) in [6.45, 7) is 4.11. The molecule has 2 heterocycles. The lowest BCUT2D eigenvalue weighted by molar-refractivity contribution is 1.23. The molecule has 0 saturated heterocycles. The third-order valence-corrected chi connectivity index (χ3v) is 3.04. The van der Waals surface area contributed by atoms with E-state index in [0.29, 0.717) is 0 Å². The number of benzene rings is 1. The maximum atomic E-state index is 4.40. The fraction of sp³-hybridized carbons (Fsp3) is 0.125. The number of anilines is 2. The van der Waals surface area contributed by atoms with Crippen molar-refractivity contribution >= 4 is 22.4 Å². The van der Waals surface area contributed by atoms with Crippen LogP contribution in [0, 0.1) is 13.8 Å². The second kappa shape index (κ2) is 4.69. The molecule has 3 nitrogen and oxygen atoms in total. The maximum absolute atomic E-state index is 4.40. The number of fused-ring (bicyclic) bond motifs is 1. The molecule has 3 rings (SSSR count). The number of nitrogens with one attached hydrogen (secondary N) is 1. The smallest absolute Gasteiger partial charge is 0.132 e. The van der Waals surface area contributed by atoms with Crippen molar-refractivity contribution < 1.29 is 0 Å². The van der Waals surface area contributed by atoms with E-state index in [9.17, 15) is 0 Å². The largest absolute Gasteiger partial charge is 0.325 e. The highest BCUT2D eigenvalue weighted by Gasteiger charge is 2.00. The van der Waals surface area contributed by atoms with Crippen molar-refractivity contribution in [3.63, 3.8) is 0 Å². The Bertz CT molecular complexity index is 718. The maximum Gasteiger partial charge on any atom is 0.132 e. The predicted molar refractivity (Wildman–Crippen MR) is 78.7 cm³/mol. The summed E-state index contributed by atoms with van der Waals surface area (Å²) in [6.07, 6.45) is 3.72. The highest BCUT2D eigenvalue weighted by Crippen LogP contribution is 2.20. The van der Waals surface area contributed by atoms with E-state index >= 15 is 0 Å². The van der Waals surface area contributed by atoms with Gasteiger partial charge in [0.05, 0.1) is 0 Å². The van der Waals surface area contributed by atoms with Gasteiger partial charge >= 0.3 is 0 Å². The van der Waals surface area contributed by atoms with Gasteiger partial charge in [0.2, 0.25) is 0 Å². The number of pyridine rings is 2. The van der Waals surface area contributed by atoms with E-state index in [4.69, 9.17) is 0 Å². The van der Waals surface area contributed by atoms with Crippen molar-refractivity contribution in [1.82, 2.24) is 9.97 Å². The van der Waals surface area contributed by atoms with Crippen molar-refractivity contribution in [2.45, 2.75) is 13.8 Å². The SMILES string of the molecule is Cc1ccc(Nc2cc3cc(C)ccc3cn2)nc1. The van der Waals surface area contributed by atoms with Gasteiger partial charge in [0, 0.05) is 17.8 Å². The molecule has 3 heteroatoms. The van der Waals surface area contributed by atoms with E-state index in [1.807, 2.05) is 37.5 Å². The van der Waals surface area contributed by atoms with E-state index in [2.05, 4.69) is 40.4 Å². The Morgan fingerprint density at radius 3 is 2.32 bits per heavy atom. The highest BCUT2D eigenvalue weighted by atomic mass is 15.0. The number of hydrogen-bond acceptors (Lipinski definition) is 3. The Hall–Kier alpha value is -2.42. The summed E-state index contributed by atoms with van der Waals surface area (Å²) in [4.78, 5) is 8.72. The number of hydrogen-bond donors (Lipinski definition) is 1. The molecule has 0 aliphatic heterocycles. The molecule has 3 aromatic rings. The molecule has 0 aliphatic carbocycles. The van der Waals surface area contributed by atoms with Gasteiger partial charge in [0.25, 0.3) is 0 Å². The monoisotopic (exact) mass is 249 g/mol. The molecule has 0 spiro atoms. The average Bonchev–Trinajstić information content (AvgIpc) is 2.41. The van der Waals surface area contributed by atoms with Gasteiger partial charge < -0.3 is 5.32 Å². The zero-order valence-electron chi connectivity index (χ0n) is 11.0. The van der Waals surface area contributed by atoms with Crippen LogP contribution in [0.3, 0.4) is 0 Å². The summed E-state index contributed by atoms with van der Waals surface area (Å²) in [7, 11) is 0. The first-order valence-corrected chi connectivity index (χ1v) is 6.27. The Kier molecular flexibility index (Phi) is 2.88. The lowest BCUT2D eigenvalue weighted by Crippen LogP contribution is -1.95. The van der Waals surface area contributed by atoms with E-state index in [0.717, 1.165) is 22.6 Å². The van der Waals surface area contributed by atoms with Crippen LogP contribution in [0.15, 0.2) is 48.8 Å². The van der Waals surface area contributed by atoms with E-state index in [-0.39, 0.29) is 0 Å². The molecule has 1 aromatic carbocycles. The summed E-state index contributed by atoms with van der Waals surface area (Å²) >= 11 is 0. The molecule has 19 heavy (non-hydrogen) atoms. The summed E-state index contributed by atoms with van der Waals surface area (Å²) in [6, 6.07) is 12.4. The normalized spacial score (nSPS) is 10.6. The molecule has 0 bridgehead atoms. The van der Waals surface area contributed by atoms with Gasteiger partial charge in [-0.15, -0.1) is 0 Å². The molecule has 94 valence electrons. The summed E-state index contributed by atoms with van der Waals surface area (Å²) in [5, 5.41) is 5.55. The first-order chi connectivity index (χ1) is 9.20. The molecule has 2 aromatic heterocycles. The molecule has 0 radical (unpaired) electrons. The molecular formula is C16H15N3. The Labute approximate surface area is 112 Å². The fourth-order valence-corrected chi connectivity index (χ4v) is 2.00. The number of nitrogens with zero attached hydrogens (tertiary/aromatic N) is 2. The van der Waals surface area contributed by atoms with Crippen LogP contribution >= 0.6 is 0 Å². The Morgan fingerprint density at radius 2 is 1.53 bits per heavy atom. The molecule has 0 fully saturated rings. The molecule has 0 atom stereocenters. The molecule has 0 saturated carbocycles. The Morgan fingerprint density at radius 1 is 0.737 bits per heavy atom. The highest BCUT2D eigenvalue weighted by molar-refractivity contribution is 5.85. The average molecular weight is 249 g/mol. The zero-order valence-corrected chi connectivity index (χ0v) is 11.0. The van der Waals surface area contributed by atoms with E-state index < -0.39 is 0 Å². The molecular weight excluding hydrogens is 234 g/mol. The second-order valence-corrected chi connectivity index (χ2v) is 4.77. The molecule has 0 unspecified atom stereocenters. The van der Waals surface area contributed by atoms with Gasteiger partial charge in [-0.2, -0.15) is 0 Å². The summed E-state index contributed by atoms with van der Waals surface area (Å²) in [5.74, 6) is 1.62. The minimum Gasteiger partial charge on any atom is -0.325 e. The molecule has 0 aliphatic rings. The van der Waals surface area contributed by atoms with Crippen LogP contribution in [0.2, 0.25) is 0 Å². The van der Waals surface area contributed by atoms with Crippen LogP contribution in [0.25, 0.3) is 10.8 Å². The minimum atomic E-state index is 0.810.